The minimum atomic E-state index is -0.136. The molecule has 0 spiro atoms. The SMILES string of the molecule is COc1ccc(N=C(c2ccc(C)cc2)N(C(C)=O)c2ccc(OC)cc2)cc1. The van der Waals surface area contributed by atoms with Crippen molar-refractivity contribution >= 4 is 23.1 Å². The summed E-state index contributed by atoms with van der Waals surface area (Å²) in [6.07, 6.45) is 0. The zero-order valence-electron chi connectivity index (χ0n) is 17.0. The smallest absolute Gasteiger partial charge is 0.229 e. The molecule has 5 heteroatoms. The molecule has 1 amide bonds. The van der Waals surface area contributed by atoms with Crippen molar-refractivity contribution in [1.29, 1.82) is 0 Å². The molecule has 3 aromatic rings. The van der Waals surface area contributed by atoms with Crippen LogP contribution >= 0.6 is 0 Å². The number of benzene rings is 3. The number of aliphatic imine (C=N–C) groups is 1. The number of ether oxygens (including phenoxy) is 2. The molecule has 0 aliphatic carbocycles. The Labute approximate surface area is 171 Å². The zero-order valence-corrected chi connectivity index (χ0v) is 17.0. The fraction of sp³-hybridized carbons (Fsp3) is 0.167. The Morgan fingerprint density at radius 2 is 1.31 bits per heavy atom. The van der Waals surface area contributed by atoms with Gasteiger partial charge in [0.05, 0.1) is 25.6 Å². The fourth-order valence-electron chi connectivity index (χ4n) is 2.91. The fourth-order valence-corrected chi connectivity index (χ4v) is 2.91. The van der Waals surface area contributed by atoms with Gasteiger partial charge in [-0.1, -0.05) is 29.8 Å². The molecule has 0 aliphatic rings. The van der Waals surface area contributed by atoms with Gasteiger partial charge in [-0.05, 0) is 55.5 Å². The third-order valence-electron chi connectivity index (χ3n) is 4.47. The summed E-state index contributed by atoms with van der Waals surface area (Å²) in [5.74, 6) is 1.89. The maximum atomic E-state index is 12.7. The number of nitrogens with zero attached hydrogens (tertiary/aromatic N) is 2. The van der Waals surface area contributed by atoms with E-state index in [0.29, 0.717) is 11.5 Å². The van der Waals surface area contributed by atoms with E-state index in [1.807, 2.05) is 79.7 Å². The molecule has 148 valence electrons. The quantitative estimate of drug-likeness (QED) is 0.449. The summed E-state index contributed by atoms with van der Waals surface area (Å²) in [7, 11) is 3.23. The van der Waals surface area contributed by atoms with Crippen molar-refractivity contribution in [2.45, 2.75) is 13.8 Å². The zero-order chi connectivity index (χ0) is 20.8. The molecule has 0 aromatic heterocycles. The predicted octanol–water partition coefficient (Wildman–Crippen LogP) is 5.14. The van der Waals surface area contributed by atoms with Crippen molar-refractivity contribution in [3.8, 4) is 11.5 Å². The monoisotopic (exact) mass is 388 g/mol. The Morgan fingerprint density at radius 1 is 0.793 bits per heavy atom. The van der Waals surface area contributed by atoms with Crippen LogP contribution in [0.3, 0.4) is 0 Å². The largest absolute Gasteiger partial charge is 0.497 e. The van der Waals surface area contributed by atoms with E-state index in [1.165, 1.54) is 6.92 Å². The second-order valence-corrected chi connectivity index (χ2v) is 6.55. The molecule has 0 atom stereocenters. The van der Waals surface area contributed by atoms with Crippen molar-refractivity contribution < 1.29 is 14.3 Å². The molecular formula is C24H24N2O3. The lowest BCUT2D eigenvalue weighted by Gasteiger charge is -2.24. The molecule has 0 radical (unpaired) electrons. The van der Waals surface area contributed by atoms with Gasteiger partial charge in [0.1, 0.15) is 17.3 Å². The Balaban J connectivity index is 2.13. The molecule has 0 aliphatic heterocycles. The highest BCUT2D eigenvalue weighted by molar-refractivity contribution is 6.23. The van der Waals surface area contributed by atoms with Crippen molar-refractivity contribution in [2.75, 3.05) is 19.1 Å². The molecule has 0 saturated carbocycles. The van der Waals surface area contributed by atoms with Gasteiger partial charge in [-0.3, -0.25) is 9.69 Å². The van der Waals surface area contributed by atoms with E-state index in [9.17, 15) is 4.79 Å². The third-order valence-corrected chi connectivity index (χ3v) is 4.47. The number of carbonyl (C=O) groups is 1. The first-order valence-corrected chi connectivity index (χ1v) is 9.26. The molecule has 0 fully saturated rings. The third kappa shape index (κ3) is 4.82. The number of aryl methyl sites for hydroxylation is 1. The van der Waals surface area contributed by atoms with Crippen LogP contribution < -0.4 is 14.4 Å². The second-order valence-electron chi connectivity index (χ2n) is 6.55. The summed E-state index contributed by atoms with van der Waals surface area (Å²) in [6.45, 7) is 3.55. The highest BCUT2D eigenvalue weighted by Crippen LogP contribution is 2.25. The van der Waals surface area contributed by atoms with Crippen molar-refractivity contribution in [1.82, 2.24) is 0 Å². The van der Waals surface area contributed by atoms with Crippen LogP contribution in [0, 0.1) is 6.92 Å². The Hall–Kier alpha value is -3.60. The number of hydrogen-bond acceptors (Lipinski definition) is 4. The Kier molecular flexibility index (Phi) is 6.29. The summed E-state index contributed by atoms with van der Waals surface area (Å²) in [5.41, 5.74) is 3.42. The maximum Gasteiger partial charge on any atom is 0.229 e. The van der Waals surface area contributed by atoms with Crippen LogP contribution in [0.15, 0.2) is 77.8 Å². The number of carbonyl (C=O) groups excluding carboxylic acids is 1. The van der Waals surface area contributed by atoms with Gasteiger partial charge >= 0.3 is 0 Å². The molecule has 3 rings (SSSR count). The summed E-state index contributed by atoms with van der Waals surface area (Å²) in [5, 5.41) is 0. The van der Waals surface area contributed by atoms with E-state index >= 15 is 0 Å². The number of amides is 1. The van der Waals surface area contributed by atoms with Gasteiger partial charge in [-0.15, -0.1) is 0 Å². The first-order valence-electron chi connectivity index (χ1n) is 9.26. The van der Waals surface area contributed by atoms with Crippen LogP contribution in [-0.4, -0.2) is 26.0 Å². The van der Waals surface area contributed by atoms with Gasteiger partial charge in [0, 0.05) is 12.5 Å². The molecule has 0 N–H and O–H groups in total. The second kappa shape index (κ2) is 9.06. The van der Waals surface area contributed by atoms with E-state index in [4.69, 9.17) is 14.5 Å². The van der Waals surface area contributed by atoms with Crippen LogP contribution in [0.2, 0.25) is 0 Å². The van der Waals surface area contributed by atoms with E-state index in [1.54, 1.807) is 19.1 Å². The molecular weight excluding hydrogens is 364 g/mol. The van der Waals surface area contributed by atoms with Gasteiger partial charge in [0.15, 0.2) is 0 Å². The normalized spacial score (nSPS) is 11.1. The number of methoxy groups -OCH3 is 2. The van der Waals surface area contributed by atoms with E-state index in [2.05, 4.69) is 0 Å². The Morgan fingerprint density at radius 3 is 1.79 bits per heavy atom. The first kappa shape index (κ1) is 20.1. The van der Waals surface area contributed by atoms with Crippen molar-refractivity contribution in [3.63, 3.8) is 0 Å². The number of amidine groups is 1. The van der Waals surface area contributed by atoms with Crippen molar-refractivity contribution in [2.24, 2.45) is 4.99 Å². The minimum absolute atomic E-state index is 0.136. The molecule has 0 unspecified atom stereocenters. The summed E-state index contributed by atoms with van der Waals surface area (Å²) < 4.78 is 10.5. The van der Waals surface area contributed by atoms with Crippen molar-refractivity contribution in [3.05, 3.63) is 83.9 Å². The summed E-state index contributed by atoms with van der Waals surface area (Å²) >= 11 is 0. The number of hydrogen-bond donors (Lipinski definition) is 0. The van der Waals surface area contributed by atoms with Gasteiger partial charge in [-0.2, -0.15) is 0 Å². The average Bonchev–Trinajstić information content (AvgIpc) is 2.74. The van der Waals surface area contributed by atoms with Crippen LogP contribution in [0.5, 0.6) is 11.5 Å². The maximum absolute atomic E-state index is 12.7. The molecule has 0 heterocycles. The number of rotatable bonds is 5. The van der Waals surface area contributed by atoms with Gasteiger partial charge < -0.3 is 9.47 Å². The Bertz CT molecular complexity index is 992. The van der Waals surface area contributed by atoms with E-state index in [-0.39, 0.29) is 5.91 Å². The molecule has 0 saturated heterocycles. The molecule has 3 aromatic carbocycles. The predicted molar refractivity (Wildman–Crippen MR) is 117 cm³/mol. The topological polar surface area (TPSA) is 51.1 Å². The lowest BCUT2D eigenvalue weighted by molar-refractivity contribution is -0.115. The van der Waals surface area contributed by atoms with Gasteiger partial charge in [0.25, 0.3) is 0 Å². The van der Waals surface area contributed by atoms with Gasteiger partial charge in [-0.25, -0.2) is 4.99 Å². The molecule has 29 heavy (non-hydrogen) atoms. The van der Waals surface area contributed by atoms with Crippen LogP contribution in [0.25, 0.3) is 0 Å². The summed E-state index contributed by atoms with van der Waals surface area (Å²) in [4.78, 5) is 19.1. The number of anilines is 1. The van der Waals surface area contributed by atoms with Crippen LogP contribution in [-0.2, 0) is 4.79 Å². The molecule has 5 nitrogen and oxygen atoms in total. The highest BCUT2D eigenvalue weighted by Gasteiger charge is 2.20. The lowest BCUT2D eigenvalue weighted by atomic mass is 10.1. The van der Waals surface area contributed by atoms with Gasteiger partial charge in [0.2, 0.25) is 5.91 Å². The van der Waals surface area contributed by atoms with Crippen LogP contribution in [0.1, 0.15) is 18.1 Å². The van der Waals surface area contributed by atoms with E-state index < -0.39 is 0 Å². The average molecular weight is 388 g/mol. The standard InChI is InChI=1S/C24H24N2O3/c1-17-5-7-19(8-6-17)24(25-20-9-13-22(28-3)14-10-20)26(18(2)27)21-11-15-23(29-4)16-12-21/h5-16H,1-4H3. The minimum Gasteiger partial charge on any atom is -0.497 e. The summed E-state index contributed by atoms with van der Waals surface area (Å²) in [6, 6.07) is 22.7. The lowest BCUT2D eigenvalue weighted by Crippen LogP contribution is -2.35. The molecule has 0 bridgehead atoms. The first-order chi connectivity index (χ1) is 14.0. The van der Waals surface area contributed by atoms with Crippen LogP contribution in [0.4, 0.5) is 11.4 Å². The highest BCUT2D eigenvalue weighted by atomic mass is 16.5. The van der Waals surface area contributed by atoms with E-state index in [0.717, 1.165) is 28.3 Å².